The summed E-state index contributed by atoms with van der Waals surface area (Å²) in [6.45, 7) is 5.32. The summed E-state index contributed by atoms with van der Waals surface area (Å²) in [6.07, 6.45) is 0.955. The van der Waals surface area contributed by atoms with Crippen molar-refractivity contribution in [1.82, 2.24) is 0 Å². The Kier molecular flexibility index (Phi) is 3.02. The lowest BCUT2D eigenvalue weighted by atomic mass is 10.0. The lowest BCUT2D eigenvalue weighted by molar-refractivity contribution is 0.0548. The van der Waals surface area contributed by atoms with E-state index >= 15 is 0 Å². The highest BCUT2D eigenvalue weighted by Gasteiger charge is 2.15. The first kappa shape index (κ1) is 7.92. The van der Waals surface area contributed by atoms with Crippen LogP contribution >= 0.6 is 0 Å². The van der Waals surface area contributed by atoms with E-state index < -0.39 is 5.60 Å². The van der Waals surface area contributed by atoms with Crippen LogP contribution in [0.5, 0.6) is 0 Å². The van der Waals surface area contributed by atoms with Crippen LogP contribution in [-0.2, 0) is 0 Å². The molecule has 0 fully saturated rings. The second-order valence-electron chi connectivity index (χ2n) is 2.05. The molecule has 0 aliphatic heterocycles. The van der Waals surface area contributed by atoms with Crippen molar-refractivity contribution in [3.8, 4) is 0 Å². The Hall–Kier alpha value is -0.0800. The molecule has 1 unspecified atom stereocenters. The average Bonchev–Trinajstić information content (AvgIpc) is 1.67. The van der Waals surface area contributed by atoms with Gasteiger partial charge < -0.3 is 10.2 Å². The SMILES string of the molecule is [CH2]C(O)(CC)CCO. The summed E-state index contributed by atoms with van der Waals surface area (Å²) in [7, 11) is 0. The molecule has 0 bridgehead atoms. The van der Waals surface area contributed by atoms with E-state index in [2.05, 4.69) is 6.92 Å². The van der Waals surface area contributed by atoms with Gasteiger partial charge in [-0.1, -0.05) is 6.92 Å². The third kappa shape index (κ3) is 2.99. The summed E-state index contributed by atoms with van der Waals surface area (Å²) in [5.74, 6) is 0. The van der Waals surface area contributed by atoms with E-state index in [0.717, 1.165) is 0 Å². The van der Waals surface area contributed by atoms with Crippen molar-refractivity contribution in [2.75, 3.05) is 6.61 Å². The van der Waals surface area contributed by atoms with Gasteiger partial charge in [0.1, 0.15) is 0 Å². The van der Waals surface area contributed by atoms with Crippen molar-refractivity contribution >= 4 is 0 Å². The molecule has 0 heterocycles. The van der Waals surface area contributed by atoms with Crippen molar-refractivity contribution in [1.29, 1.82) is 0 Å². The minimum Gasteiger partial charge on any atom is -0.396 e. The molecule has 2 nitrogen and oxygen atoms in total. The van der Waals surface area contributed by atoms with Crippen molar-refractivity contribution < 1.29 is 10.2 Å². The smallest absolute Gasteiger partial charge is 0.0668 e. The van der Waals surface area contributed by atoms with E-state index in [9.17, 15) is 0 Å². The number of aliphatic hydroxyl groups excluding tert-OH is 1. The Morgan fingerprint density at radius 2 is 2.12 bits per heavy atom. The first-order valence-corrected chi connectivity index (χ1v) is 2.81. The van der Waals surface area contributed by atoms with Crippen LogP contribution < -0.4 is 0 Å². The molecular weight excluding hydrogens is 104 g/mol. The van der Waals surface area contributed by atoms with Gasteiger partial charge in [-0.15, -0.1) is 0 Å². The Morgan fingerprint density at radius 1 is 1.62 bits per heavy atom. The topological polar surface area (TPSA) is 40.5 Å². The Balaban J connectivity index is 3.37. The van der Waals surface area contributed by atoms with Crippen LogP contribution in [0.25, 0.3) is 0 Å². The van der Waals surface area contributed by atoms with Crippen molar-refractivity contribution in [2.45, 2.75) is 25.4 Å². The molecule has 8 heavy (non-hydrogen) atoms. The summed E-state index contributed by atoms with van der Waals surface area (Å²) in [4.78, 5) is 0. The van der Waals surface area contributed by atoms with Crippen LogP contribution in [0, 0.1) is 6.92 Å². The van der Waals surface area contributed by atoms with E-state index in [1.54, 1.807) is 0 Å². The molecule has 0 amide bonds. The molecule has 2 N–H and O–H groups in total. The third-order valence-electron chi connectivity index (χ3n) is 1.24. The molecule has 0 aliphatic rings. The fraction of sp³-hybridized carbons (Fsp3) is 0.833. The summed E-state index contributed by atoms with van der Waals surface area (Å²) >= 11 is 0. The normalized spacial score (nSPS) is 18.0. The van der Waals surface area contributed by atoms with E-state index in [4.69, 9.17) is 10.2 Å². The fourth-order valence-electron chi connectivity index (χ4n) is 0.385. The number of rotatable bonds is 3. The predicted octanol–water partition coefficient (Wildman–Crippen LogP) is 0.344. The minimum absolute atomic E-state index is 0.00778. The van der Waals surface area contributed by atoms with Crippen LogP contribution in [0.3, 0.4) is 0 Å². The largest absolute Gasteiger partial charge is 0.396 e. The highest BCUT2D eigenvalue weighted by molar-refractivity contribution is 4.78. The van der Waals surface area contributed by atoms with E-state index in [1.807, 2.05) is 6.92 Å². The summed E-state index contributed by atoms with van der Waals surface area (Å²) in [5, 5.41) is 17.4. The number of hydrogen-bond acceptors (Lipinski definition) is 2. The zero-order chi connectivity index (χ0) is 6.62. The van der Waals surface area contributed by atoms with Gasteiger partial charge in [0.05, 0.1) is 5.60 Å². The second-order valence-corrected chi connectivity index (χ2v) is 2.05. The van der Waals surface area contributed by atoms with Gasteiger partial charge in [0.15, 0.2) is 0 Å². The molecular formula is C6H13O2. The molecule has 2 heteroatoms. The van der Waals surface area contributed by atoms with Gasteiger partial charge >= 0.3 is 0 Å². The van der Waals surface area contributed by atoms with Crippen LogP contribution in [0.4, 0.5) is 0 Å². The maximum absolute atomic E-state index is 9.05. The van der Waals surface area contributed by atoms with Crippen LogP contribution in [0.15, 0.2) is 0 Å². The maximum Gasteiger partial charge on any atom is 0.0668 e. The van der Waals surface area contributed by atoms with E-state index in [1.165, 1.54) is 0 Å². The van der Waals surface area contributed by atoms with Crippen LogP contribution in [-0.4, -0.2) is 22.4 Å². The minimum atomic E-state index is -0.908. The average molecular weight is 117 g/mol. The maximum atomic E-state index is 9.05. The highest BCUT2D eigenvalue weighted by atomic mass is 16.3. The van der Waals surface area contributed by atoms with Gasteiger partial charge in [-0.25, -0.2) is 0 Å². The van der Waals surface area contributed by atoms with Crippen molar-refractivity contribution in [3.05, 3.63) is 6.92 Å². The molecule has 1 atom stereocenters. The molecule has 0 aliphatic carbocycles. The van der Waals surface area contributed by atoms with E-state index in [-0.39, 0.29) is 6.61 Å². The van der Waals surface area contributed by atoms with Crippen molar-refractivity contribution in [2.24, 2.45) is 0 Å². The molecule has 0 aromatic carbocycles. The van der Waals surface area contributed by atoms with Crippen LogP contribution in [0.2, 0.25) is 0 Å². The lowest BCUT2D eigenvalue weighted by Gasteiger charge is -2.18. The quantitative estimate of drug-likeness (QED) is 0.559. The predicted molar refractivity (Wildman–Crippen MR) is 32.3 cm³/mol. The highest BCUT2D eigenvalue weighted by Crippen LogP contribution is 2.10. The third-order valence-corrected chi connectivity index (χ3v) is 1.24. The molecule has 49 valence electrons. The lowest BCUT2D eigenvalue weighted by Crippen LogP contribution is -2.24. The Morgan fingerprint density at radius 3 is 2.25 bits per heavy atom. The molecule has 0 saturated carbocycles. The van der Waals surface area contributed by atoms with Crippen molar-refractivity contribution in [3.63, 3.8) is 0 Å². The molecule has 0 rings (SSSR count). The summed E-state index contributed by atoms with van der Waals surface area (Å²) in [5.41, 5.74) is -0.908. The molecule has 0 saturated heterocycles. The van der Waals surface area contributed by atoms with Gasteiger partial charge in [0.25, 0.3) is 0 Å². The van der Waals surface area contributed by atoms with E-state index in [0.29, 0.717) is 12.8 Å². The zero-order valence-electron chi connectivity index (χ0n) is 5.22. The van der Waals surface area contributed by atoms with Gasteiger partial charge in [-0.3, -0.25) is 0 Å². The Labute approximate surface area is 50.2 Å². The van der Waals surface area contributed by atoms with Gasteiger partial charge in [0, 0.05) is 6.61 Å². The monoisotopic (exact) mass is 117 g/mol. The zero-order valence-corrected chi connectivity index (χ0v) is 5.22. The fourth-order valence-corrected chi connectivity index (χ4v) is 0.385. The standard InChI is InChI=1S/C6H13O2/c1-3-6(2,8)4-5-7/h7-8H,2-5H2,1H3. The molecule has 0 aromatic heterocycles. The van der Waals surface area contributed by atoms with Crippen LogP contribution in [0.1, 0.15) is 19.8 Å². The van der Waals surface area contributed by atoms with Gasteiger partial charge in [0.2, 0.25) is 0 Å². The first-order chi connectivity index (χ1) is 3.62. The molecule has 0 aromatic rings. The summed E-state index contributed by atoms with van der Waals surface area (Å²) < 4.78 is 0. The van der Waals surface area contributed by atoms with Gasteiger partial charge in [-0.2, -0.15) is 0 Å². The van der Waals surface area contributed by atoms with Gasteiger partial charge in [-0.05, 0) is 19.8 Å². The number of aliphatic hydroxyl groups is 2. The molecule has 1 radical (unpaired) electrons. The number of hydrogen-bond donors (Lipinski definition) is 2. The second kappa shape index (κ2) is 3.05. The summed E-state index contributed by atoms with van der Waals surface area (Å²) in [6, 6.07) is 0. The Bertz CT molecular complexity index is 59.5. The molecule has 0 spiro atoms. The first-order valence-electron chi connectivity index (χ1n) is 2.81.